The van der Waals surface area contributed by atoms with Gasteiger partial charge in [-0.3, -0.25) is 57.6 Å². The molecule has 1 aromatic heterocycles. The van der Waals surface area contributed by atoms with Crippen molar-refractivity contribution in [2.24, 2.45) is 58.5 Å². The third kappa shape index (κ3) is 35.6. The summed E-state index contributed by atoms with van der Waals surface area (Å²) in [5.74, 6) is -6.14. The minimum absolute atomic E-state index is 0.0238. The highest BCUT2D eigenvalue weighted by Crippen LogP contribution is 2.36. The van der Waals surface area contributed by atoms with Crippen molar-refractivity contribution in [3.8, 4) is 0 Å². The molecule has 0 radical (unpaired) electrons. The van der Waals surface area contributed by atoms with Gasteiger partial charge < -0.3 is 75.6 Å². The van der Waals surface area contributed by atoms with E-state index in [-0.39, 0.29) is 204 Å². The first-order chi connectivity index (χ1) is 57.2. The number of ether oxygens (including phenoxy) is 4. The SMILES string of the molecule is CC(C)(C)C.CC[C@H](C)[C@@H]([C@@H](CC(=O)N1CCC[C@H]1[C@H](CO)[C@@H](C)C(=O)C[C@@H](Cc1ccccc1)c1nccs1)OC)N(C)C(=O)[C@@H](CC(=O)[C@H](C(C)C)N(C)C(=O)OC(C(=O)N1CCN(C)CC1)c1ccc(C)cc1)C(C)C.CNC(=O)[C@H](CCCNC(N)=O)CC(=O)[C@@H](NC(=O)CCOCCOCCNC(=O)CCN1C(=O)CCC1=O)C(C)C. The van der Waals surface area contributed by atoms with Crippen molar-refractivity contribution in [1.82, 2.24) is 55.7 Å². The van der Waals surface area contributed by atoms with Gasteiger partial charge in [0, 0.05) is 185 Å². The number of imide groups is 1. The van der Waals surface area contributed by atoms with Crippen molar-refractivity contribution in [3.63, 3.8) is 0 Å². The largest absolute Gasteiger partial charge is 0.431 e. The first-order valence-corrected chi connectivity index (χ1v) is 44.0. The number of likely N-dealkylation sites (N-methyl/N-ethyl adjacent to an activating group) is 3. The molecule has 7 N–H and O–H groups in total. The molecule has 3 aliphatic rings. The third-order valence-electron chi connectivity index (χ3n) is 22.5. The number of amides is 11. The van der Waals surface area contributed by atoms with E-state index in [0.29, 0.717) is 75.8 Å². The number of urea groups is 1. The van der Waals surface area contributed by atoms with Crippen LogP contribution in [0.2, 0.25) is 0 Å². The van der Waals surface area contributed by atoms with Gasteiger partial charge in [0.2, 0.25) is 47.5 Å². The molecule has 0 bridgehead atoms. The highest BCUT2D eigenvalue weighted by Gasteiger charge is 2.45. The molecule has 3 fully saturated rings. The summed E-state index contributed by atoms with van der Waals surface area (Å²) in [6.07, 6.45) is 3.07. The summed E-state index contributed by atoms with van der Waals surface area (Å²) in [5, 5.41) is 24.1. The number of primary amides is 1. The van der Waals surface area contributed by atoms with Gasteiger partial charge in [0.1, 0.15) is 5.78 Å². The smallest absolute Gasteiger partial charge is 0.411 e. The number of thiazole rings is 1. The van der Waals surface area contributed by atoms with Crippen molar-refractivity contribution in [1.29, 1.82) is 0 Å². The molecule has 3 saturated heterocycles. The van der Waals surface area contributed by atoms with E-state index in [1.165, 1.54) is 30.3 Å². The van der Waals surface area contributed by atoms with Crippen molar-refractivity contribution in [3.05, 3.63) is 87.9 Å². The number of piperazine rings is 1. The molecule has 3 aliphatic heterocycles. The molecule has 0 saturated carbocycles. The minimum atomic E-state index is -1.21. The molecule has 0 spiro atoms. The van der Waals surface area contributed by atoms with Gasteiger partial charge in [-0.2, -0.15) is 0 Å². The summed E-state index contributed by atoms with van der Waals surface area (Å²) in [7, 11) is 8.25. The zero-order valence-electron chi connectivity index (χ0n) is 75.6. The lowest BCUT2D eigenvalue weighted by atomic mass is 9.80. The topological polar surface area (TPSA) is 386 Å². The van der Waals surface area contributed by atoms with Crippen LogP contribution in [0.5, 0.6) is 0 Å². The molecule has 0 aliphatic carbocycles. The first-order valence-electron chi connectivity index (χ1n) is 43.2. The number of aryl methyl sites for hydroxylation is 1. The summed E-state index contributed by atoms with van der Waals surface area (Å²) in [6.45, 7) is 31.8. The number of aromatic nitrogens is 1. The Balaban J connectivity index is 0.000000552. The number of benzene rings is 2. The van der Waals surface area contributed by atoms with E-state index < -0.39 is 66.1 Å². The van der Waals surface area contributed by atoms with Crippen LogP contribution >= 0.6 is 11.3 Å². The van der Waals surface area contributed by atoms with Crippen LogP contribution in [0, 0.1) is 59.7 Å². The average molecular weight is 1710 g/mol. The summed E-state index contributed by atoms with van der Waals surface area (Å²) in [5.41, 5.74) is 8.19. The van der Waals surface area contributed by atoms with Crippen LogP contribution in [0.3, 0.4) is 0 Å². The Bertz CT molecular complexity index is 3720. The Morgan fingerprint density at radius 2 is 1.36 bits per heavy atom. The van der Waals surface area contributed by atoms with E-state index >= 15 is 0 Å². The Morgan fingerprint density at radius 3 is 1.91 bits per heavy atom. The molecule has 6 rings (SSSR count). The number of nitrogens with one attached hydrogen (secondary N) is 4. The number of hydrogen-bond acceptors (Lipinski definition) is 21. The highest BCUT2D eigenvalue weighted by atomic mass is 32.1. The van der Waals surface area contributed by atoms with E-state index in [2.05, 4.69) is 71.0 Å². The molecule has 2 aromatic carbocycles. The van der Waals surface area contributed by atoms with Crippen LogP contribution in [0.1, 0.15) is 207 Å². The number of rotatable bonds is 48. The number of aliphatic hydroxyl groups excluding tert-OH is 1. The number of carbonyl (C=O) groups excluding carboxylic acids is 13. The maximum absolute atomic E-state index is 14.9. The van der Waals surface area contributed by atoms with Gasteiger partial charge in [-0.15, -0.1) is 11.3 Å². The summed E-state index contributed by atoms with van der Waals surface area (Å²) in [6, 6.07) is 14.1. The number of ketones is 3. The van der Waals surface area contributed by atoms with Crippen molar-refractivity contribution < 1.29 is 86.4 Å². The number of carbonyl (C=O) groups is 13. The normalized spacial score (nSPS) is 17.1. The van der Waals surface area contributed by atoms with Crippen LogP contribution in [-0.2, 0) is 78.1 Å². The molecular weight excluding hydrogens is 1570 g/mol. The summed E-state index contributed by atoms with van der Waals surface area (Å²) < 4.78 is 23.0. The van der Waals surface area contributed by atoms with E-state index in [0.717, 1.165) is 27.5 Å². The molecule has 121 heavy (non-hydrogen) atoms. The second-order valence-corrected chi connectivity index (χ2v) is 35.9. The standard InChI is InChI=1S/C58H86N6O9S.C27H46N6O9.C5H12/c1-13-40(7)53(50(72-12)35-51(68)64-26-17-20-47(64)46(36-65)41(8)48(66)33-44(55-59-25-31-74-55)32-42-18-15-14-16-19-42)61(10)56(69)45(37(2)3)34-49(67)52(38(4)5)62(11)58(71)73-54(43-23-21-39(6)22-24-43)57(70)63-29-27-60(9)28-30-63;1-18(2)25(20(34)17-19(26(39)29-3)5-4-10-31-27(28)40)32-22(36)9-13-41-15-16-42-14-11-30-21(35)8-12-33-23(37)6-7-24(33)38;1-5(2,3)4/h14-16,18-19,21-25,31,37-38,40-41,44-47,50,52-54,65H,13,17,20,26-30,32-36H2,1-12H3;18-19,25H,4-17H2,1-3H3,(H,29,39)(H,30,35)(H,32,36)(H3,28,31,40);1-4H3/t40-,41+,44+,45-,46+,47-,50+,52-,53-,54?;19-,25+;/m01./s1. The van der Waals surface area contributed by atoms with Gasteiger partial charge in [-0.1, -0.05) is 157 Å². The van der Waals surface area contributed by atoms with Gasteiger partial charge >= 0.3 is 12.1 Å². The third-order valence-corrected chi connectivity index (χ3v) is 23.5. The minimum Gasteiger partial charge on any atom is -0.431 e. The van der Waals surface area contributed by atoms with Crippen LogP contribution in [0.25, 0.3) is 0 Å². The van der Waals surface area contributed by atoms with E-state index in [1.54, 1.807) is 56.1 Å². The number of likely N-dealkylation sites (tertiary alicyclic amines) is 2. The number of methoxy groups -OCH3 is 1. The van der Waals surface area contributed by atoms with E-state index in [1.807, 2.05) is 103 Å². The molecular formula is C90H144N12O18S. The lowest BCUT2D eigenvalue weighted by molar-refractivity contribution is -0.148. The van der Waals surface area contributed by atoms with E-state index in [9.17, 15) is 67.4 Å². The number of nitrogens with two attached hydrogens (primary N) is 1. The number of hydrogen-bond donors (Lipinski definition) is 6. The lowest BCUT2D eigenvalue weighted by Gasteiger charge is -2.41. The van der Waals surface area contributed by atoms with Crippen LogP contribution in [0.15, 0.2) is 66.2 Å². The fourth-order valence-corrected chi connectivity index (χ4v) is 16.2. The predicted molar refractivity (Wildman–Crippen MR) is 465 cm³/mol. The Labute approximate surface area is 722 Å². The molecule has 3 aromatic rings. The predicted octanol–water partition coefficient (Wildman–Crippen LogP) is 9.12. The monoisotopic (exact) mass is 1710 g/mol. The van der Waals surface area contributed by atoms with Gasteiger partial charge in [0.15, 0.2) is 11.6 Å². The summed E-state index contributed by atoms with van der Waals surface area (Å²) in [4.78, 5) is 184. The molecule has 678 valence electrons. The molecule has 1 unspecified atom stereocenters. The summed E-state index contributed by atoms with van der Waals surface area (Å²) >= 11 is 1.53. The molecule has 4 heterocycles. The van der Waals surface area contributed by atoms with E-state index in [4.69, 9.17) is 24.7 Å². The molecule has 11 amide bonds. The number of aliphatic hydroxyl groups is 1. The fraction of sp³-hybridized carbons (Fsp3) is 0.689. The maximum atomic E-state index is 14.9. The van der Waals surface area contributed by atoms with Crippen molar-refractivity contribution in [2.45, 2.75) is 229 Å². The molecule has 31 heteroatoms. The lowest BCUT2D eigenvalue weighted by Crippen LogP contribution is -2.54. The van der Waals surface area contributed by atoms with Gasteiger partial charge in [-0.25, -0.2) is 14.6 Å². The van der Waals surface area contributed by atoms with Crippen molar-refractivity contribution >= 4 is 88.1 Å². The van der Waals surface area contributed by atoms with Crippen molar-refractivity contribution in [2.75, 3.05) is 121 Å². The quantitative estimate of drug-likeness (QED) is 0.0226. The van der Waals surface area contributed by atoms with Gasteiger partial charge in [0.25, 0.3) is 5.91 Å². The highest BCUT2D eigenvalue weighted by molar-refractivity contribution is 7.09. The Hall–Kier alpha value is -8.62. The van der Waals surface area contributed by atoms with Gasteiger partial charge in [-0.05, 0) is 80.7 Å². The zero-order valence-corrected chi connectivity index (χ0v) is 76.4. The zero-order chi connectivity index (χ0) is 90.4. The first kappa shape index (κ1) is 105. The van der Waals surface area contributed by atoms with Crippen LogP contribution < -0.4 is 27.0 Å². The van der Waals surface area contributed by atoms with Crippen LogP contribution in [-0.4, -0.2) is 267 Å². The molecule has 12 atom stereocenters. The maximum Gasteiger partial charge on any atom is 0.411 e. The number of Topliss-reactive ketones (excluding diaryl/α,β-unsaturated/α-hetero) is 3. The Kier molecular flexibility index (Phi) is 46.2. The fourth-order valence-electron chi connectivity index (χ4n) is 15.4. The second-order valence-electron chi connectivity index (χ2n) is 35.0. The van der Waals surface area contributed by atoms with Gasteiger partial charge in [0.05, 0.1) is 62.1 Å². The average Bonchev–Trinajstić information content (AvgIpc) is 1.79. The second kappa shape index (κ2) is 53.4. The van der Waals surface area contributed by atoms with Crippen LogP contribution in [0.4, 0.5) is 9.59 Å². The Morgan fingerprint density at radius 1 is 0.727 bits per heavy atom. The number of nitrogens with zero attached hydrogens (tertiary/aromatic N) is 7. The molecule has 30 nitrogen and oxygen atoms in total.